The van der Waals surface area contributed by atoms with Crippen LogP contribution in [0.5, 0.6) is 0 Å². The molecule has 0 aromatic rings. The summed E-state index contributed by atoms with van der Waals surface area (Å²) in [6, 6.07) is 0. The van der Waals surface area contributed by atoms with Crippen molar-refractivity contribution in [1.29, 1.82) is 0 Å². The van der Waals surface area contributed by atoms with Gasteiger partial charge in [-0.25, -0.2) is 0 Å². The molecule has 0 aliphatic carbocycles. The van der Waals surface area contributed by atoms with Crippen molar-refractivity contribution in [2.75, 3.05) is 0 Å². The predicted octanol–water partition coefficient (Wildman–Crippen LogP) is 0.202. The molecule has 0 aromatic heterocycles. The predicted molar refractivity (Wildman–Crippen MR) is 10.4 cm³/mol. The van der Waals surface area contributed by atoms with Gasteiger partial charge in [0.15, 0.2) is 0 Å². The fourth-order valence-electron chi connectivity index (χ4n) is 0. The fourth-order valence-corrected chi connectivity index (χ4v) is 0. The Balaban J connectivity index is 0. The summed E-state index contributed by atoms with van der Waals surface area (Å²) in [4.78, 5) is 0. The van der Waals surface area contributed by atoms with Crippen LogP contribution in [0.2, 0.25) is 0 Å². The third-order valence-electron chi connectivity index (χ3n) is 0. The van der Waals surface area contributed by atoms with Crippen molar-refractivity contribution in [3.05, 3.63) is 0 Å². The SMILES string of the molecule is [O]=[W].[PH2][Mo]. The Kier molecular flexibility index (Phi) is 53.1. The van der Waals surface area contributed by atoms with E-state index in [0.717, 1.165) is 0 Å². The van der Waals surface area contributed by atoms with Gasteiger partial charge in [-0.1, -0.05) is 0 Å². The van der Waals surface area contributed by atoms with Gasteiger partial charge >= 0.3 is 49.8 Å². The molecule has 0 saturated carbocycles. The van der Waals surface area contributed by atoms with Crippen LogP contribution in [0.1, 0.15) is 0 Å². The van der Waals surface area contributed by atoms with Gasteiger partial charge in [0.05, 0.1) is 0 Å². The van der Waals surface area contributed by atoms with Crippen LogP contribution >= 0.6 is 7.33 Å². The molecule has 4 heteroatoms. The standard InChI is InChI=1S/Mo.O.H2P.W/h;;1H2;/q+1;;-1;. The first-order valence-corrected chi connectivity index (χ1v) is 5.55. The molecule has 0 aliphatic rings. The average Bonchev–Trinajstić information content (AvgIpc) is 1.50. The van der Waals surface area contributed by atoms with Crippen LogP contribution in [0.3, 0.4) is 0 Å². The van der Waals surface area contributed by atoms with E-state index < -0.39 is 0 Å². The first-order valence-electron chi connectivity index (χ1n) is 0.402. The Hall–Kier alpha value is 1.61. The van der Waals surface area contributed by atoms with Gasteiger partial charge in [0.2, 0.25) is 0 Å². The zero-order valence-corrected chi connectivity index (χ0v) is 7.90. The summed E-state index contributed by atoms with van der Waals surface area (Å²) < 4.78 is 8.33. The van der Waals surface area contributed by atoms with E-state index in [1.54, 1.807) is 0 Å². The van der Waals surface area contributed by atoms with Gasteiger partial charge in [0, 0.05) is 0 Å². The molecule has 1 nitrogen and oxygen atoms in total. The first-order chi connectivity index (χ1) is 2.00. The van der Waals surface area contributed by atoms with Gasteiger partial charge in [0.25, 0.3) is 0 Å². The Labute approximate surface area is 49.7 Å². The molecule has 0 fully saturated rings. The number of hydrogen-bond acceptors (Lipinski definition) is 1. The molecule has 0 aromatic carbocycles. The third-order valence-corrected chi connectivity index (χ3v) is 0. The van der Waals surface area contributed by atoms with Crippen molar-refractivity contribution in [2.45, 2.75) is 0 Å². The van der Waals surface area contributed by atoms with E-state index in [0.29, 0.717) is 19.8 Å². The van der Waals surface area contributed by atoms with Crippen LogP contribution in [0.15, 0.2) is 0 Å². The van der Waals surface area contributed by atoms with Gasteiger partial charge in [-0.15, -0.1) is 0 Å². The van der Waals surface area contributed by atoms with E-state index in [4.69, 9.17) is 3.40 Å². The van der Waals surface area contributed by atoms with Crippen LogP contribution < -0.4 is 0 Å². The van der Waals surface area contributed by atoms with E-state index in [1.807, 2.05) is 19.3 Å². The van der Waals surface area contributed by atoms with Gasteiger partial charge in [-0.3, -0.25) is 0 Å². The summed E-state index contributed by atoms with van der Waals surface area (Å²) in [5, 5.41) is 0. The van der Waals surface area contributed by atoms with E-state index in [9.17, 15) is 0 Å². The molecule has 0 spiro atoms. The van der Waals surface area contributed by atoms with Crippen molar-refractivity contribution in [3.8, 4) is 0 Å². The van der Waals surface area contributed by atoms with E-state index in [-0.39, 0.29) is 0 Å². The minimum absolute atomic E-state index is 0.333. The summed E-state index contributed by atoms with van der Waals surface area (Å²) in [7, 11) is 2.43. The molecule has 0 rings (SSSR count). The molecule has 1 unspecified atom stereocenters. The summed E-state index contributed by atoms with van der Waals surface area (Å²) in [5.74, 6) is 0. The summed E-state index contributed by atoms with van der Waals surface area (Å²) in [5.41, 5.74) is 0. The van der Waals surface area contributed by atoms with E-state index >= 15 is 0 Å². The van der Waals surface area contributed by atoms with Crippen LogP contribution in [0.4, 0.5) is 0 Å². The number of hydrogen-bond donors (Lipinski definition) is 0. The Morgan fingerprint density at radius 2 is 1.50 bits per heavy atom. The van der Waals surface area contributed by atoms with E-state index in [2.05, 4.69) is 7.33 Å². The molecule has 0 amide bonds. The van der Waals surface area contributed by atoms with Crippen LogP contribution in [0.25, 0.3) is 0 Å². The quantitative estimate of drug-likeness (QED) is 0.459. The Morgan fingerprint density at radius 1 is 1.50 bits per heavy atom. The summed E-state index contributed by atoms with van der Waals surface area (Å²) >= 11 is 2.20. The van der Waals surface area contributed by atoms with Crippen molar-refractivity contribution in [3.63, 3.8) is 0 Å². The first kappa shape index (κ1) is 9.15. The van der Waals surface area contributed by atoms with Gasteiger partial charge in [-0.05, 0) is 0 Å². The van der Waals surface area contributed by atoms with Crippen LogP contribution in [0, 0.1) is 0 Å². The fraction of sp³-hybridized carbons (Fsp3) is 0. The molecular formula is H2MoOPW. The molecule has 0 aliphatic heterocycles. The van der Waals surface area contributed by atoms with Crippen molar-refractivity contribution < 1.29 is 42.5 Å². The second kappa shape index (κ2) is 23.2. The molecule has 0 saturated heterocycles. The molecule has 0 heterocycles. The maximum atomic E-state index is 8.33. The summed E-state index contributed by atoms with van der Waals surface area (Å²) in [6.07, 6.45) is 0. The monoisotopic (exact) mass is 331 g/mol. The minimum atomic E-state index is 0.333. The second-order valence-electron chi connectivity index (χ2n) is 0. The normalized spacial score (nSPS) is 2.25. The van der Waals surface area contributed by atoms with Crippen molar-refractivity contribution in [1.82, 2.24) is 0 Å². The second-order valence-corrected chi connectivity index (χ2v) is 0. The maximum absolute atomic E-state index is 8.33. The summed E-state index contributed by atoms with van der Waals surface area (Å²) in [6.45, 7) is 0. The molecule has 0 N–H and O–H groups in total. The average molecular weight is 329 g/mol. The van der Waals surface area contributed by atoms with Crippen molar-refractivity contribution >= 4 is 7.33 Å². The third kappa shape index (κ3) is 9.49. The van der Waals surface area contributed by atoms with E-state index in [1.165, 1.54) is 0 Å². The number of rotatable bonds is 0. The molecule has 0 bridgehead atoms. The topological polar surface area (TPSA) is 17.1 Å². The Bertz CT molecular complexity index is 8.00. The van der Waals surface area contributed by atoms with Gasteiger partial charge in [0.1, 0.15) is 0 Å². The molecule has 0 radical (unpaired) electrons. The van der Waals surface area contributed by atoms with Gasteiger partial charge < -0.3 is 0 Å². The van der Waals surface area contributed by atoms with Crippen LogP contribution in [-0.4, -0.2) is 0 Å². The van der Waals surface area contributed by atoms with Crippen molar-refractivity contribution in [2.24, 2.45) is 0 Å². The zero-order chi connectivity index (χ0) is 4.00. The molecule has 4 heavy (non-hydrogen) atoms. The van der Waals surface area contributed by atoms with Crippen LogP contribution in [-0.2, 0) is 42.5 Å². The molecule has 25 valence electrons. The molecular weight excluding hydrogens is 327 g/mol. The van der Waals surface area contributed by atoms with Gasteiger partial charge in [-0.2, -0.15) is 0 Å². The molecule has 1 atom stereocenters. The Morgan fingerprint density at radius 3 is 1.50 bits per heavy atom. The zero-order valence-electron chi connectivity index (χ0n) is 1.80.